The van der Waals surface area contributed by atoms with E-state index in [-0.39, 0.29) is 17.6 Å². The second-order valence-electron chi connectivity index (χ2n) is 8.33. The number of hydrogen-bond donors (Lipinski definition) is 1. The van der Waals surface area contributed by atoms with Crippen LogP contribution in [0.2, 0.25) is 0 Å². The van der Waals surface area contributed by atoms with Crippen LogP contribution in [0.1, 0.15) is 38.2 Å². The van der Waals surface area contributed by atoms with Gasteiger partial charge < -0.3 is 10.2 Å². The highest BCUT2D eigenvalue weighted by atomic mass is 19.1. The van der Waals surface area contributed by atoms with E-state index < -0.39 is 0 Å². The molecule has 2 aromatic carbocycles. The molecule has 5 nitrogen and oxygen atoms in total. The summed E-state index contributed by atoms with van der Waals surface area (Å²) in [4.78, 5) is 23.8. The average Bonchev–Trinajstić information content (AvgIpc) is 2.79. The SMILES string of the molecule is CC(C)c1ccc(NC(=O)[C@@H]2CCCN(c3ncc(-c4cccc(F)c4)cn3)C2)cc1. The Morgan fingerprint density at radius 3 is 2.52 bits per heavy atom. The lowest BCUT2D eigenvalue weighted by Crippen LogP contribution is -2.41. The third-order valence-electron chi connectivity index (χ3n) is 5.72. The molecule has 0 bridgehead atoms. The summed E-state index contributed by atoms with van der Waals surface area (Å²) >= 11 is 0. The lowest BCUT2D eigenvalue weighted by Gasteiger charge is -2.32. The minimum Gasteiger partial charge on any atom is -0.340 e. The lowest BCUT2D eigenvalue weighted by molar-refractivity contribution is -0.120. The molecular weight excluding hydrogens is 391 g/mol. The second-order valence-corrected chi connectivity index (χ2v) is 8.33. The molecule has 0 saturated carbocycles. The van der Waals surface area contributed by atoms with E-state index in [9.17, 15) is 9.18 Å². The van der Waals surface area contributed by atoms with Gasteiger partial charge in [-0.3, -0.25) is 4.79 Å². The predicted molar refractivity (Wildman–Crippen MR) is 122 cm³/mol. The monoisotopic (exact) mass is 418 g/mol. The van der Waals surface area contributed by atoms with Gasteiger partial charge in [-0.05, 0) is 54.2 Å². The van der Waals surface area contributed by atoms with Crippen LogP contribution in [0.4, 0.5) is 16.0 Å². The summed E-state index contributed by atoms with van der Waals surface area (Å²) in [7, 11) is 0. The van der Waals surface area contributed by atoms with Crippen molar-refractivity contribution in [1.29, 1.82) is 0 Å². The molecule has 2 heterocycles. The van der Waals surface area contributed by atoms with E-state index in [0.29, 0.717) is 18.4 Å². The molecule has 1 fully saturated rings. The Kier molecular flexibility index (Phi) is 6.26. The first kappa shape index (κ1) is 21.0. The van der Waals surface area contributed by atoms with E-state index in [2.05, 4.69) is 41.3 Å². The third kappa shape index (κ3) is 5.08. The quantitative estimate of drug-likeness (QED) is 0.614. The minimum atomic E-state index is -0.287. The van der Waals surface area contributed by atoms with Crippen molar-refractivity contribution < 1.29 is 9.18 Å². The number of amides is 1. The fourth-order valence-electron chi connectivity index (χ4n) is 3.87. The number of carbonyl (C=O) groups excluding carboxylic acids is 1. The Labute approximate surface area is 182 Å². The number of carbonyl (C=O) groups is 1. The Balaban J connectivity index is 1.40. The maximum atomic E-state index is 13.5. The molecule has 1 aliphatic rings. The summed E-state index contributed by atoms with van der Waals surface area (Å²) in [6.07, 6.45) is 5.15. The maximum absolute atomic E-state index is 13.5. The Morgan fingerprint density at radius 2 is 1.84 bits per heavy atom. The standard InChI is InChI=1S/C25H27FN4O/c1-17(2)18-8-10-23(11-9-18)29-24(31)20-6-4-12-30(16-20)25-27-14-21(15-28-25)19-5-3-7-22(26)13-19/h3,5,7-11,13-15,17,20H,4,6,12,16H2,1-2H3,(H,29,31)/t20-/m1/s1. The summed E-state index contributed by atoms with van der Waals surface area (Å²) < 4.78 is 13.5. The molecule has 160 valence electrons. The summed E-state index contributed by atoms with van der Waals surface area (Å²) in [6, 6.07) is 14.4. The molecule has 0 unspecified atom stereocenters. The molecule has 1 atom stereocenters. The Bertz CT molecular complexity index is 1030. The van der Waals surface area contributed by atoms with Crippen LogP contribution in [-0.4, -0.2) is 29.0 Å². The molecule has 1 aliphatic heterocycles. The molecule has 6 heteroatoms. The Hall–Kier alpha value is -3.28. The number of nitrogens with one attached hydrogen (secondary N) is 1. The van der Waals surface area contributed by atoms with Gasteiger partial charge in [0, 0.05) is 36.7 Å². The van der Waals surface area contributed by atoms with Gasteiger partial charge in [0.1, 0.15) is 5.82 Å². The highest BCUT2D eigenvalue weighted by Crippen LogP contribution is 2.24. The van der Waals surface area contributed by atoms with Gasteiger partial charge in [0.25, 0.3) is 0 Å². The number of halogens is 1. The molecule has 3 aromatic rings. The van der Waals surface area contributed by atoms with E-state index in [1.54, 1.807) is 18.5 Å². The zero-order valence-electron chi connectivity index (χ0n) is 17.9. The molecule has 1 N–H and O–H groups in total. The highest BCUT2D eigenvalue weighted by molar-refractivity contribution is 5.93. The van der Waals surface area contributed by atoms with Crippen molar-refractivity contribution in [2.75, 3.05) is 23.3 Å². The van der Waals surface area contributed by atoms with Crippen molar-refractivity contribution >= 4 is 17.5 Å². The van der Waals surface area contributed by atoms with Crippen molar-refractivity contribution in [2.45, 2.75) is 32.6 Å². The van der Waals surface area contributed by atoms with Gasteiger partial charge in [-0.1, -0.05) is 38.1 Å². The number of nitrogens with zero attached hydrogens (tertiary/aromatic N) is 3. The summed E-state index contributed by atoms with van der Waals surface area (Å²) in [5.41, 5.74) is 3.58. The highest BCUT2D eigenvalue weighted by Gasteiger charge is 2.27. The van der Waals surface area contributed by atoms with Crippen molar-refractivity contribution in [2.24, 2.45) is 5.92 Å². The van der Waals surface area contributed by atoms with E-state index in [1.807, 2.05) is 23.1 Å². The Morgan fingerprint density at radius 1 is 1.10 bits per heavy atom. The van der Waals surface area contributed by atoms with E-state index >= 15 is 0 Å². The number of piperidine rings is 1. The van der Waals surface area contributed by atoms with Crippen molar-refractivity contribution in [3.8, 4) is 11.1 Å². The van der Waals surface area contributed by atoms with Gasteiger partial charge >= 0.3 is 0 Å². The number of aromatic nitrogens is 2. The van der Waals surface area contributed by atoms with Gasteiger partial charge in [-0.15, -0.1) is 0 Å². The predicted octanol–water partition coefficient (Wildman–Crippen LogP) is 5.26. The number of rotatable bonds is 5. The first-order chi connectivity index (χ1) is 15.0. The minimum absolute atomic E-state index is 0.0263. The molecule has 0 radical (unpaired) electrons. The van der Waals surface area contributed by atoms with E-state index in [4.69, 9.17) is 0 Å². The van der Waals surface area contributed by atoms with Crippen LogP contribution < -0.4 is 10.2 Å². The van der Waals surface area contributed by atoms with Crippen molar-refractivity contribution in [3.05, 3.63) is 72.3 Å². The van der Waals surface area contributed by atoms with Crippen molar-refractivity contribution in [3.63, 3.8) is 0 Å². The van der Waals surface area contributed by atoms with E-state index in [0.717, 1.165) is 36.2 Å². The van der Waals surface area contributed by atoms with E-state index in [1.165, 1.54) is 17.7 Å². The van der Waals surface area contributed by atoms with Crippen molar-refractivity contribution in [1.82, 2.24) is 9.97 Å². The first-order valence-corrected chi connectivity index (χ1v) is 10.7. The van der Waals surface area contributed by atoms with Crippen LogP contribution in [0, 0.1) is 11.7 Å². The molecule has 0 aliphatic carbocycles. The molecule has 1 amide bonds. The molecule has 0 spiro atoms. The normalized spacial score (nSPS) is 16.4. The summed E-state index contributed by atoms with van der Waals surface area (Å²) in [6.45, 7) is 5.69. The van der Waals surface area contributed by atoms with Gasteiger partial charge in [0.15, 0.2) is 0 Å². The van der Waals surface area contributed by atoms with Gasteiger partial charge in [0.2, 0.25) is 11.9 Å². The molecule has 4 rings (SSSR count). The van der Waals surface area contributed by atoms with Gasteiger partial charge in [0.05, 0.1) is 5.92 Å². The summed E-state index contributed by atoms with van der Waals surface area (Å²) in [5.74, 6) is 0.677. The number of benzene rings is 2. The summed E-state index contributed by atoms with van der Waals surface area (Å²) in [5, 5.41) is 3.04. The molecular formula is C25H27FN4O. The maximum Gasteiger partial charge on any atom is 0.229 e. The van der Waals surface area contributed by atoms with Crippen LogP contribution in [0.5, 0.6) is 0 Å². The first-order valence-electron chi connectivity index (χ1n) is 10.7. The lowest BCUT2D eigenvalue weighted by atomic mass is 9.97. The van der Waals surface area contributed by atoms with Gasteiger partial charge in [-0.2, -0.15) is 0 Å². The fraction of sp³-hybridized carbons (Fsp3) is 0.320. The second kappa shape index (κ2) is 9.25. The zero-order valence-corrected chi connectivity index (χ0v) is 17.9. The zero-order chi connectivity index (χ0) is 21.8. The third-order valence-corrected chi connectivity index (χ3v) is 5.72. The molecule has 1 aromatic heterocycles. The molecule has 31 heavy (non-hydrogen) atoms. The molecule has 1 saturated heterocycles. The number of anilines is 2. The van der Waals surface area contributed by atoms with Gasteiger partial charge in [-0.25, -0.2) is 14.4 Å². The van der Waals surface area contributed by atoms with Crippen LogP contribution >= 0.6 is 0 Å². The smallest absolute Gasteiger partial charge is 0.229 e. The number of hydrogen-bond acceptors (Lipinski definition) is 4. The van der Waals surface area contributed by atoms with Crippen LogP contribution in [0.25, 0.3) is 11.1 Å². The largest absolute Gasteiger partial charge is 0.340 e. The fourth-order valence-corrected chi connectivity index (χ4v) is 3.87. The van der Waals surface area contributed by atoms with Crippen LogP contribution in [0.15, 0.2) is 60.9 Å². The topological polar surface area (TPSA) is 58.1 Å². The van der Waals surface area contributed by atoms with Crippen LogP contribution in [0.3, 0.4) is 0 Å². The average molecular weight is 419 g/mol. The van der Waals surface area contributed by atoms with Crippen LogP contribution in [-0.2, 0) is 4.79 Å².